The Kier molecular flexibility index (Phi) is 15.0. The third kappa shape index (κ3) is 9.96. The molecule has 0 heterocycles. The maximum atomic E-state index is 10.1. The first kappa shape index (κ1) is 23.8. The van der Waals surface area contributed by atoms with E-state index in [0.717, 1.165) is 19.3 Å². The van der Waals surface area contributed by atoms with Crippen LogP contribution in [0.1, 0.15) is 71.1 Å². The minimum absolute atomic E-state index is 0.415. The van der Waals surface area contributed by atoms with Crippen LogP contribution in [0.4, 0.5) is 0 Å². The van der Waals surface area contributed by atoms with Crippen molar-refractivity contribution in [2.45, 2.75) is 102 Å². The zero-order chi connectivity index (χ0) is 18.4. The number of aliphatic hydroxyl groups excluding tert-OH is 5. The van der Waals surface area contributed by atoms with Crippen LogP contribution in [0.2, 0.25) is 0 Å². The number of hydrogen-bond acceptors (Lipinski definition) is 6. The molecule has 4 unspecified atom stereocenters. The van der Waals surface area contributed by atoms with Crippen LogP contribution in [0, 0.1) is 0 Å². The van der Waals surface area contributed by atoms with E-state index >= 15 is 0 Å². The second-order valence-electron chi connectivity index (χ2n) is 6.62. The number of rotatable bonds is 16. The zero-order valence-electron chi connectivity index (χ0n) is 15.3. The summed E-state index contributed by atoms with van der Waals surface area (Å²) in [4.78, 5) is 0. The molecule has 0 spiro atoms. The van der Waals surface area contributed by atoms with Crippen LogP contribution in [0.25, 0.3) is 0 Å². The average Bonchev–Trinajstić information content (AvgIpc) is 2.59. The van der Waals surface area contributed by atoms with Crippen LogP contribution < -0.4 is 0 Å². The highest BCUT2D eigenvalue weighted by Gasteiger charge is 2.34. The first-order valence-corrected chi connectivity index (χ1v) is 9.35. The highest BCUT2D eigenvalue weighted by atomic mass is 16.5. The van der Waals surface area contributed by atoms with Gasteiger partial charge in [-0.2, -0.15) is 0 Å². The Morgan fingerprint density at radius 1 is 0.750 bits per heavy atom. The second kappa shape index (κ2) is 15.1. The van der Waals surface area contributed by atoms with E-state index in [-0.39, 0.29) is 0 Å². The molecule has 5 atom stereocenters. The van der Waals surface area contributed by atoms with Gasteiger partial charge in [-0.3, -0.25) is 0 Å². The summed E-state index contributed by atoms with van der Waals surface area (Å²) < 4.78 is 4.98. The summed E-state index contributed by atoms with van der Waals surface area (Å²) in [6.07, 6.45) is 4.60. The summed E-state index contributed by atoms with van der Waals surface area (Å²) in [6, 6.07) is 0. The lowest BCUT2D eigenvalue weighted by molar-refractivity contribution is -0.130. The van der Waals surface area contributed by atoms with E-state index in [1.165, 1.54) is 46.6 Å². The fourth-order valence-corrected chi connectivity index (χ4v) is 2.86. The lowest BCUT2D eigenvalue weighted by Crippen LogP contribution is -2.51. The lowest BCUT2D eigenvalue weighted by atomic mass is 9.95. The van der Waals surface area contributed by atoms with Crippen molar-refractivity contribution in [3.05, 3.63) is 0 Å². The van der Waals surface area contributed by atoms with Crippen molar-refractivity contribution in [3.63, 3.8) is 0 Å². The molecule has 0 bridgehead atoms. The Bertz CT molecular complexity index is 282. The molecule has 0 aliphatic heterocycles. The zero-order valence-corrected chi connectivity index (χ0v) is 15.3. The molecule has 6 nitrogen and oxygen atoms in total. The molecule has 0 rings (SSSR count). The standard InChI is InChI=1S/C17H37BO6/c1-2-3-4-5-6-7-8-9-10-11-13(20)15(22)17(24-18)16(23)14(21)12-19/h13-17,19-23H,2-12,18H2,1H3/t13-,14?,15?,16?,17?/m0/s1. The molecule has 0 amide bonds. The largest absolute Gasteiger partial charge is 0.436 e. The first-order chi connectivity index (χ1) is 11.5. The molecule has 0 aliphatic rings. The normalized spacial score (nSPS) is 18.1. The molecule has 144 valence electrons. The Balaban J connectivity index is 3.90. The average molecular weight is 348 g/mol. The minimum atomic E-state index is -1.45. The Hall–Kier alpha value is -0.175. The van der Waals surface area contributed by atoms with E-state index in [4.69, 9.17) is 9.76 Å². The van der Waals surface area contributed by atoms with Gasteiger partial charge < -0.3 is 30.2 Å². The van der Waals surface area contributed by atoms with Crippen molar-refractivity contribution in [1.29, 1.82) is 0 Å². The number of unbranched alkanes of at least 4 members (excludes halogenated alkanes) is 8. The quantitative estimate of drug-likeness (QED) is 0.202. The topological polar surface area (TPSA) is 110 Å². The van der Waals surface area contributed by atoms with Gasteiger partial charge in [0.05, 0.1) is 18.8 Å². The molecule has 0 fully saturated rings. The van der Waals surface area contributed by atoms with Crippen molar-refractivity contribution in [2.75, 3.05) is 6.61 Å². The minimum Gasteiger partial charge on any atom is -0.436 e. The van der Waals surface area contributed by atoms with Crippen LogP contribution >= 0.6 is 0 Å². The third-order valence-corrected chi connectivity index (χ3v) is 4.52. The van der Waals surface area contributed by atoms with Gasteiger partial charge in [0, 0.05) is 0 Å². The van der Waals surface area contributed by atoms with E-state index in [9.17, 15) is 20.4 Å². The summed E-state index contributed by atoms with van der Waals surface area (Å²) in [5, 5.41) is 48.2. The summed E-state index contributed by atoms with van der Waals surface area (Å²) in [5.41, 5.74) is 0. The molecular weight excluding hydrogens is 311 g/mol. The molecule has 0 aromatic carbocycles. The van der Waals surface area contributed by atoms with Crippen LogP contribution in [0.5, 0.6) is 0 Å². The summed E-state index contributed by atoms with van der Waals surface area (Å²) in [5.74, 6) is 0. The number of hydrogen-bond donors (Lipinski definition) is 5. The molecule has 0 aromatic rings. The monoisotopic (exact) mass is 348 g/mol. The second-order valence-corrected chi connectivity index (χ2v) is 6.62. The molecule has 0 radical (unpaired) electrons. The fourth-order valence-electron chi connectivity index (χ4n) is 2.86. The predicted octanol–water partition coefficient (Wildman–Crippen LogP) is 0.276. The van der Waals surface area contributed by atoms with Gasteiger partial charge in [0.2, 0.25) is 0 Å². The Morgan fingerprint density at radius 2 is 1.21 bits per heavy atom. The molecule has 0 aliphatic carbocycles. The maximum Gasteiger partial charge on any atom is 0.257 e. The maximum absolute atomic E-state index is 10.1. The van der Waals surface area contributed by atoms with Crippen molar-refractivity contribution in [1.82, 2.24) is 0 Å². The molecular formula is C17H37BO6. The van der Waals surface area contributed by atoms with Crippen LogP contribution in [0.15, 0.2) is 0 Å². The van der Waals surface area contributed by atoms with Crippen molar-refractivity contribution < 1.29 is 30.2 Å². The van der Waals surface area contributed by atoms with Gasteiger partial charge in [0.25, 0.3) is 8.05 Å². The summed E-state index contributed by atoms with van der Waals surface area (Å²) >= 11 is 0. The van der Waals surface area contributed by atoms with Crippen molar-refractivity contribution >= 4 is 8.05 Å². The van der Waals surface area contributed by atoms with E-state index in [1.54, 1.807) is 0 Å². The lowest BCUT2D eigenvalue weighted by Gasteiger charge is -2.31. The summed E-state index contributed by atoms with van der Waals surface area (Å²) in [6.45, 7) is 1.57. The van der Waals surface area contributed by atoms with Gasteiger partial charge in [-0.05, 0) is 6.42 Å². The fraction of sp³-hybridized carbons (Fsp3) is 1.00. The number of aliphatic hydroxyl groups is 5. The van der Waals surface area contributed by atoms with Crippen molar-refractivity contribution in [2.24, 2.45) is 0 Å². The van der Waals surface area contributed by atoms with Gasteiger partial charge in [-0.25, -0.2) is 0 Å². The molecule has 7 heteroatoms. The van der Waals surface area contributed by atoms with Gasteiger partial charge in [-0.1, -0.05) is 64.7 Å². The van der Waals surface area contributed by atoms with Gasteiger partial charge in [0.15, 0.2) is 0 Å². The Labute approximate surface area is 147 Å². The predicted molar refractivity (Wildman–Crippen MR) is 96.4 cm³/mol. The van der Waals surface area contributed by atoms with E-state index < -0.39 is 37.1 Å². The molecule has 0 aromatic heterocycles. The molecule has 0 saturated carbocycles. The highest BCUT2D eigenvalue weighted by Crippen LogP contribution is 2.17. The Morgan fingerprint density at radius 3 is 1.67 bits per heavy atom. The van der Waals surface area contributed by atoms with E-state index in [1.807, 2.05) is 0 Å². The van der Waals surface area contributed by atoms with Crippen LogP contribution in [-0.4, -0.2) is 70.7 Å². The molecule has 5 N–H and O–H groups in total. The van der Waals surface area contributed by atoms with Crippen LogP contribution in [0.3, 0.4) is 0 Å². The van der Waals surface area contributed by atoms with E-state index in [2.05, 4.69) is 6.92 Å². The van der Waals surface area contributed by atoms with Crippen molar-refractivity contribution in [3.8, 4) is 0 Å². The third-order valence-electron chi connectivity index (χ3n) is 4.52. The van der Waals surface area contributed by atoms with Gasteiger partial charge in [-0.15, -0.1) is 0 Å². The van der Waals surface area contributed by atoms with Crippen LogP contribution in [-0.2, 0) is 4.65 Å². The SMILES string of the molecule is BOC(C(O)C(O)CO)C(O)[C@@H](O)CCCCCCCCCCC. The smallest absolute Gasteiger partial charge is 0.257 e. The molecule has 24 heavy (non-hydrogen) atoms. The molecule has 0 saturated heterocycles. The highest BCUT2D eigenvalue weighted by molar-refractivity contribution is 5.98. The van der Waals surface area contributed by atoms with Gasteiger partial charge >= 0.3 is 0 Å². The first-order valence-electron chi connectivity index (χ1n) is 9.35. The summed E-state index contributed by atoms with van der Waals surface area (Å²) in [7, 11) is 1.28. The van der Waals surface area contributed by atoms with E-state index in [0.29, 0.717) is 6.42 Å². The van der Waals surface area contributed by atoms with Gasteiger partial charge in [0.1, 0.15) is 18.3 Å².